The lowest BCUT2D eigenvalue weighted by Crippen LogP contribution is -2.26. The Morgan fingerprint density at radius 2 is 2.46 bits per heavy atom. The summed E-state index contributed by atoms with van der Waals surface area (Å²) in [6, 6.07) is 0.303. The maximum atomic E-state index is 6.06. The van der Waals surface area contributed by atoms with Crippen LogP contribution in [0.5, 0.6) is 0 Å². The third-order valence-electron chi connectivity index (χ3n) is 2.99. The van der Waals surface area contributed by atoms with Gasteiger partial charge in [0.15, 0.2) is 0 Å². The van der Waals surface area contributed by atoms with Crippen LogP contribution in [0, 0.1) is 0 Å². The van der Waals surface area contributed by atoms with Gasteiger partial charge in [-0.1, -0.05) is 11.6 Å². The van der Waals surface area contributed by atoms with Crippen molar-refractivity contribution in [2.24, 2.45) is 5.73 Å². The fraction of sp³-hybridized carbons (Fsp3) is 0.818. The van der Waals surface area contributed by atoms with Gasteiger partial charge in [-0.15, -0.1) is 0 Å². The maximum Gasteiger partial charge on any atom is 0.0903 e. The summed E-state index contributed by atoms with van der Waals surface area (Å²) < 4.78 is 5.33. The molecule has 1 aliphatic heterocycles. The third kappa shape index (κ3) is 2.55. The Labute approximate surface area is 80.1 Å². The molecule has 0 radical (unpaired) electrons. The number of hydrogen-bond acceptors (Lipinski definition) is 2. The number of allylic oxidation sites excluding steroid dienone is 1. The van der Waals surface area contributed by atoms with Gasteiger partial charge in [-0.25, -0.2) is 0 Å². The predicted molar refractivity (Wildman–Crippen MR) is 53.5 cm³/mol. The topological polar surface area (TPSA) is 38.5 Å². The van der Waals surface area contributed by atoms with Crippen LogP contribution in [0.3, 0.4) is 0 Å². The number of ether oxygens (including phenoxy) is 1. The normalized spacial score (nSPS) is 34.5. The molecule has 2 N–H and O–H groups in total. The van der Waals surface area contributed by atoms with E-state index in [0.717, 1.165) is 19.4 Å². The van der Waals surface area contributed by atoms with Crippen molar-refractivity contribution in [1.82, 2.24) is 0 Å². The van der Waals surface area contributed by atoms with Gasteiger partial charge in [-0.2, -0.15) is 0 Å². The third-order valence-corrected chi connectivity index (χ3v) is 2.99. The highest BCUT2D eigenvalue weighted by molar-refractivity contribution is 5.09. The molecule has 0 spiro atoms. The summed E-state index contributed by atoms with van der Waals surface area (Å²) in [5.74, 6) is 0. The van der Waals surface area contributed by atoms with Crippen LogP contribution >= 0.6 is 0 Å². The first-order valence-electron chi connectivity index (χ1n) is 5.25. The smallest absolute Gasteiger partial charge is 0.0903 e. The fourth-order valence-corrected chi connectivity index (χ4v) is 2.13. The summed E-state index contributed by atoms with van der Waals surface area (Å²) in [5.41, 5.74) is 7.75. The zero-order chi connectivity index (χ0) is 9.31. The molecule has 1 heterocycles. The van der Waals surface area contributed by atoms with Crippen LogP contribution in [0.2, 0.25) is 0 Å². The van der Waals surface area contributed by atoms with Crippen LogP contribution in [0.1, 0.15) is 39.0 Å². The highest BCUT2D eigenvalue weighted by Gasteiger charge is 2.40. The van der Waals surface area contributed by atoms with Crippen molar-refractivity contribution < 1.29 is 4.74 Å². The summed E-state index contributed by atoms with van der Waals surface area (Å²) in [6.45, 7) is 3.05. The van der Waals surface area contributed by atoms with Crippen molar-refractivity contribution in [3.8, 4) is 0 Å². The highest BCUT2D eigenvalue weighted by Crippen LogP contribution is 2.32. The minimum absolute atomic E-state index is 0.124. The van der Waals surface area contributed by atoms with Gasteiger partial charge >= 0.3 is 0 Å². The Bertz CT molecular complexity index is 218. The molecule has 1 aliphatic carbocycles. The Morgan fingerprint density at radius 3 is 3.00 bits per heavy atom. The number of rotatable bonds is 4. The molecular weight excluding hydrogens is 162 g/mol. The van der Waals surface area contributed by atoms with E-state index in [0.29, 0.717) is 6.04 Å². The van der Waals surface area contributed by atoms with E-state index < -0.39 is 0 Å². The van der Waals surface area contributed by atoms with Gasteiger partial charge in [0.1, 0.15) is 0 Å². The SMILES string of the molecule is C[C@@]1(C[C@@H](N)CC2=CCCC2)CO1. The van der Waals surface area contributed by atoms with E-state index in [1.165, 1.54) is 19.3 Å². The van der Waals surface area contributed by atoms with E-state index in [4.69, 9.17) is 10.5 Å². The van der Waals surface area contributed by atoms with Crippen LogP contribution < -0.4 is 5.73 Å². The summed E-state index contributed by atoms with van der Waals surface area (Å²) in [4.78, 5) is 0. The standard InChI is InChI=1S/C11H19NO/c1-11(8-13-11)7-10(12)6-9-4-2-3-5-9/h4,10H,2-3,5-8,12H2,1H3/t10-,11+/m0/s1. The summed E-state index contributed by atoms with van der Waals surface area (Å²) >= 11 is 0. The van der Waals surface area contributed by atoms with Gasteiger partial charge in [-0.05, 0) is 39.0 Å². The lowest BCUT2D eigenvalue weighted by molar-refractivity contribution is 0.292. The molecule has 0 aromatic rings. The van der Waals surface area contributed by atoms with Crippen LogP contribution in [-0.4, -0.2) is 18.2 Å². The van der Waals surface area contributed by atoms with Crippen LogP contribution in [-0.2, 0) is 4.74 Å². The summed E-state index contributed by atoms with van der Waals surface area (Å²) in [6.07, 6.45) is 8.32. The van der Waals surface area contributed by atoms with Crippen molar-refractivity contribution >= 4 is 0 Å². The predicted octanol–water partition coefficient (Wildman–Crippen LogP) is 1.99. The van der Waals surface area contributed by atoms with Gasteiger partial charge in [0.25, 0.3) is 0 Å². The second-order valence-corrected chi connectivity index (χ2v) is 4.66. The highest BCUT2D eigenvalue weighted by atomic mass is 16.6. The average Bonchev–Trinajstić information content (AvgIpc) is 2.61. The summed E-state index contributed by atoms with van der Waals surface area (Å²) in [5, 5.41) is 0. The molecule has 2 atom stereocenters. The Balaban J connectivity index is 1.74. The Hall–Kier alpha value is -0.340. The first-order valence-corrected chi connectivity index (χ1v) is 5.25. The average molecular weight is 181 g/mol. The number of epoxide rings is 1. The maximum absolute atomic E-state index is 6.06. The molecule has 2 aliphatic rings. The Morgan fingerprint density at radius 1 is 1.69 bits per heavy atom. The van der Waals surface area contributed by atoms with E-state index in [1.54, 1.807) is 5.57 Å². The van der Waals surface area contributed by atoms with Gasteiger partial charge < -0.3 is 10.5 Å². The lowest BCUT2D eigenvalue weighted by atomic mass is 9.97. The zero-order valence-electron chi connectivity index (χ0n) is 8.38. The van der Waals surface area contributed by atoms with Crippen molar-refractivity contribution in [3.05, 3.63) is 11.6 Å². The van der Waals surface area contributed by atoms with Crippen LogP contribution in [0.4, 0.5) is 0 Å². The molecule has 0 bridgehead atoms. The van der Waals surface area contributed by atoms with Gasteiger partial charge in [0, 0.05) is 6.04 Å². The molecule has 74 valence electrons. The number of nitrogens with two attached hydrogens (primary N) is 1. The van der Waals surface area contributed by atoms with E-state index in [1.807, 2.05) is 0 Å². The largest absolute Gasteiger partial charge is 0.370 e. The van der Waals surface area contributed by atoms with Gasteiger partial charge in [-0.3, -0.25) is 0 Å². The van der Waals surface area contributed by atoms with Crippen molar-refractivity contribution in [3.63, 3.8) is 0 Å². The van der Waals surface area contributed by atoms with Gasteiger partial charge in [0.2, 0.25) is 0 Å². The molecule has 2 rings (SSSR count). The van der Waals surface area contributed by atoms with Crippen LogP contribution in [0.25, 0.3) is 0 Å². The first-order chi connectivity index (χ1) is 6.18. The number of hydrogen-bond donors (Lipinski definition) is 1. The zero-order valence-corrected chi connectivity index (χ0v) is 8.38. The minimum Gasteiger partial charge on any atom is -0.370 e. The van der Waals surface area contributed by atoms with E-state index >= 15 is 0 Å². The van der Waals surface area contributed by atoms with Crippen LogP contribution in [0.15, 0.2) is 11.6 Å². The first kappa shape index (κ1) is 9.22. The molecule has 0 amide bonds. The molecular formula is C11H19NO. The Kier molecular flexibility index (Phi) is 2.43. The second kappa shape index (κ2) is 3.43. The molecule has 1 saturated heterocycles. The van der Waals surface area contributed by atoms with E-state index in [9.17, 15) is 0 Å². The molecule has 13 heavy (non-hydrogen) atoms. The summed E-state index contributed by atoms with van der Waals surface area (Å²) in [7, 11) is 0. The molecule has 2 heteroatoms. The fourth-order valence-electron chi connectivity index (χ4n) is 2.13. The lowest BCUT2D eigenvalue weighted by Gasteiger charge is -2.14. The van der Waals surface area contributed by atoms with Crippen molar-refractivity contribution in [2.75, 3.05) is 6.61 Å². The second-order valence-electron chi connectivity index (χ2n) is 4.66. The molecule has 0 unspecified atom stereocenters. The van der Waals surface area contributed by atoms with Crippen molar-refractivity contribution in [1.29, 1.82) is 0 Å². The molecule has 1 fully saturated rings. The monoisotopic (exact) mass is 181 g/mol. The van der Waals surface area contributed by atoms with E-state index in [2.05, 4.69) is 13.0 Å². The quantitative estimate of drug-likeness (QED) is 0.532. The van der Waals surface area contributed by atoms with E-state index in [-0.39, 0.29) is 5.60 Å². The van der Waals surface area contributed by atoms with Crippen molar-refractivity contribution in [2.45, 2.75) is 50.7 Å². The molecule has 0 aromatic heterocycles. The van der Waals surface area contributed by atoms with Gasteiger partial charge in [0.05, 0.1) is 12.2 Å². The minimum atomic E-state index is 0.124. The molecule has 0 saturated carbocycles. The molecule has 2 nitrogen and oxygen atoms in total. The molecule has 0 aromatic carbocycles.